The first-order valence-electron chi connectivity index (χ1n) is 8.62. The zero-order valence-electron chi connectivity index (χ0n) is 15.0. The molecule has 1 saturated carbocycles. The van der Waals surface area contributed by atoms with E-state index < -0.39 is 0 Å². The Morgan fingerprint density at radius 2 is 1.81 bits per heavy atom. The Balaban J connectivity index is 0.00000243. The van der Waals surface area contributed by atoms with Crippen LogP contribution in [0.5, 0.6) is 5.75 Å². The zero-order valence-corrected chi connectivity index (χ0v) is 17.3. The molecule has 0 aromatic heterocycles. The Morgan fingerprint density at radius 1 is 1.15 bits per heavy atom. The van der Waals surface area contributed by atoms with Gasteiger partial charge in [-0.15, -0.1) is 24.0 Å². The third kappa shape index (κ3) is 5.33. The van der Waals surface area contributed by atoms with E-state index in [0.29, 0.717) is 5.96 Å². The molecule has 26 heavy (non-hydrogen) atoms. The standard InChI is InChI=1S/C20H24FN3O.HI/c1-13(2)25-17-9-7-15(8-10-17)23-20(22)24-16-11-14(12-16)18-5-3-4-6-19(18)21;/h3-10,13-14,16H,11-12H2,1-2H3,(H3,22,23,24);1H. The van der Waals surface area contributed by atoms with E-state index in [1.807, 2.05) is 50.2 Å². The van der Waals surface area contributed by atoms with Crippen LogP contribution in [0.15, 0.2) is 53.5 Å². The van der Waals surface area contributed by atoms with E-state index in [1.165, 1.54) is 6.07 Å². The first kappa shape index (κ1) is 20.5. The average Bonchev–Trinajstić information content (AvgIpc) is 2.53. The van der Waals surface area contributed by atoms with Crippen LogP contribution in [0.2, 0.25) is 0 Å². The average molecular weight is 469 g/mol. The molecular formula is C20H25FIN3O. The lowest BCUT2D eigenvalue weighted by Crippen LogP contribution is -2.31. The van der Waals surface area contributed by atoms with Crippen molar-refractivity contribution in [3.63, 3.8) is 0 Å². The summed E-state index contributed by atoms with van der Waals surface area (Å²) in [5.41, 5.74) is 7.62. The quantitative estimate of drug-likeness (QED) is 0.372. The summed E-state index contributed by atoms with van der Waals surface area (Å²) in [6.07, 6.45) is 1.79. The van der Waals surface area contributed by atoms with E-state index in [2.05, 4.69) is 10.3 Å². The first-order valence-corrected chi connectivity index (χ1v) is 8.62. The minimum absolute atomic E-state index is 0. The van der Waals surface area contributed by atoms with E-state index >= 15 is 0 Å². The van der Waals surface area contributed by atoms with Crippen LogP contribution in [0.3, 0.4) is 0 Å². The summed E-state index contributed by atoms with van der Waals surface area (Å²) in [5.74, 6) is 1.30. The predicted octanol–water partition coefficient (Wildman–Crippen LogP) is 4.90. The van der Waals surface area contributed by atoms with Crippen molar-refractivity contribution < 1.29 is 9.13 Å². The Hall–Kier alpha value is -1.83. The number of benzene rings is 2. The van der Waals surface area contributed by atoms with Crippen LogP contribution in [0.4, 0.5) is 10.1 Å². The second kappa shape index (κ2) is 9.21. The molecule has 1 aliphatic rings. The lowest BCUT2D eigenvalue weighted by molar-refractivity contribution is 0.242. The van der Waals surface area contributed by atoms with Crippen LogP contribution in [0.25, 0.3) is 0 Å². The summed E-state index contributed by atoms with van der Waals surface area (Å²) in [4.78, 5) is 4.48. The molecule has 0 atom stereocenters. The molecule has 0 heterocycles. The molecule has 4 nitrogen and oxygen atoms in total. The predicted molar refractivity (Wildman–Crippen MR) is 115 cm³/mol. The molecule has 0 spiro atoms. The summed E-state index contributed by atoms with van der Waals surface area (Å²) in [6, 6.07) is 14.7. The monoisotopic (exact) mass is 469 g/mol. The molecule has 0 amide bonds. The number of rotatable bonds is 5. The summed E-state index contributed by atoms with van der Waals surface area (Å²) < 4.78 is 19.4. The highest BCUT2D eigenvalue weighted by Crippen LogP contribution is 2.39. The molecule has 2 aromatic carbocycles. The van der Waals surface area contributed by atoms with Gasteiger partial charge in [0.1, 0.15) is 11.6 Å². The third-order valence-corrected chi connectivity index (χ3v) is 4.28. The van der Waals surface area contributed by atoms with Gasteiger partial charge in [0.25, 0.3) is 0 Å². The maximum absolute atomic E-state index is 13.8. The minimum atomic E-state index is -0.135. The van der Waals surface area contributed by atoms with E-state index in [-0.39, 0.29) is 47.9 Å². The number of halogens is 2. The van der Waals surface area contributed by atoms with Crippen molar-refractivity contribution in [3.8, 4) is 5.75 Å². The summed E-state index contributed by atoms with van der Waals surface area (Å²) in [5, 5.41) is 3.09. The largest absolute Gasteiger partial charge is 0.491 e. The summed E-state index contributed by atoms with van der Waals surface area (Å²) in [7, 11) is 0. The topological polar surface area (TPSA) is 59.6 Å². The number of anilines is 1. The van der Waals surface area contributed by atoms with Gasteiger partial charge < -0.3 is 15.8 Å². The van der Waals surface area contributed by atoms with Crippen molar-refractivity contribution in [2.24, 2.45) is 10.7 Å². The molecule has 0 bridgehead atoms. The molecule has 6 heteroatoms. The number of nitrogens with one attached hydrogen (secondary N) is 1. The van der Waals surface area contributed by atoms with Crippen molar-refractivity contribution in [2.75, 3.05) is 5.32 Å². The smallest absolute Gasteiger partial charge is 0.193 e. The van der Waals surface area contributed by atoms with Gasteiger partial charge in [-0.2, -0.15) is 0 Å². The number of ether oxygens (including phenoxy) is 1. The van der Waals surface area contributed by atoms with Gasteiger partial charge in [-0.05, 0) is 68.5 Å². The lowest BCUT2D eigenvalue weighted by atomic mass is 9.76. The molecule has 3 N–H and O–H groups in total. The highest BCUT2D eigenvalue weighted by molar-refractivity contribution is 14.0. The molecule has 1 fully saturated rings. The summed E-state index contributed by atoms with van der Waals surface area (Å²) in [6.45, 7) is 3.98. The highest BCUT2D eigenvalue weighted by Gasteiger charge is 2.31. The van der Waals surface area contributed by atoms with Crippen LogP contribution in [0, 0.1) is 5.82 Å². The fourth-order valence-corrected chi connectivity index (χ4v) is 3.02. The maximum Gasteiger partial charge on any atom is 0.193 e. The van der Waals surface area contributed by atoms with Crippen LogP contribution >= 0.6 is 24.0 Å². The fraction of sp³-hybridized carbons (Fsp3) is 0.350. The molecule has 1 aliphatic carbocycles. The fourth-order valence-electron chi connectivity index (χ4n) is 3.02. The Morgan fingerprint density at radius 3 is 2.42 bits per heavy atom. The van der Waals surface area contributed by atoms with Crippen molar-refractivity contribution in [1.82, 2.24) is 0 Å². The van der Waals surface area contributed by atoms with Crippen LogP contribution < -0.4 is 15.8 Å². The van der Waals surface area contributed by atoms with E-state index in [1.54, 1.807) is 6.07 Å². The Bertz CT molecular complexity index is 743. The molecule has 2 aromatic rings. The normalized spacial score (nSPS) is 19.5. The molecular weight excluding hydrogens is 444 g/mol. The van der Waals surface area contributed by atoms with Gasteiger partial charge >= 0.3 is 0 Å². The van der Waals surface area contributed by atoms with Gasteiger partial charge in [0.2, 0.25) is 0 Å². The minimum Gasteiger partial charge on any atom is -0.491 e. The molecule has 0 saturated heterocycles. The number of nitrogens with zero attached hydrogens (tertiary/aromatic N) is 1. The number of guanidine groups is 1. The highest BCUT2D eigenvalue weighted by atomic mass is 127. The van der Waals surface area contributed by atoms with Crippen LogP contribution in [-0.2, 0) is 0 Å². The number of aliphatic imine (C=N–C) groups is 1. The van der Waals surface area contributed by atoms with Crippen molar-refractivity contribution in [2.45, 2.75) is 44.8 Å². The van der Waals surface area contributed by atoms with Gasteiger partial charge in [-0.25, -0.2) is 9.38 Å². The number of hydrogen-bond acceptors (Lipinski definition) is 2. The van der Waals surface area contributed by atoms with E-state index in [9.17, 15) is 4.39 Å². The molecule has 0 aliphatic heterocycles. The molecule has 140 valence electrons. The second-order valence-electron chi connectivity index (χ2n) is 6.67. The molecule has 0 unspecified atom stereocenters. The number of nitrogens with two attached hydrogens (primary N) is 1. The lowest BCUT2D eigenvalue weighted by Gasteiger charge is -2.33. The Labute approximate surface area is 171 Å². The summed E-state index contributed by atoms with van der Waals surface area (Å²) >= 11 is 0. The van der Waals surface area contributed by atoms with Crippen molar-refractivity contribution in [1.29, 1.82) is 0 Å². The first-order chi connectivity index (χ1) is 12.0. The SMILES string of the molecule is CC(C)Oc1ccc(NC(N)=NC2CC(c3ccccc3F)C2)cc1.I. The van der Waals surface area contributed by atoms with Gasteiger partial charge in [0.15, 0.2) is 5.96 Å². The molecule has 3 rings (SSSR count). The number of hydrogen-bond donors (Lipinski definition) is 2. The van der Waals surface area contributed by atoms with E-state index in [4.69, 9.17) is 10.5 Å². The molecule has 0 radical (unpaired) electrons. The van der Waals surface area contributed by atoms with Crippen molar-refractivity contribution in [3.05, 3.63) is 59.9 Å². The van der Waals surface area contributed by atoms with E-state index in [0.717, 1.165) is 29.8 Å². The van der Waals surface area contributed by atoms with Gasteiger partial charge in [-0.1, -0.05) is 18.2 Å². The zero-order chi connectivity index (χ0) is 17.8. The van der Waals surface area contributed by atoms with Crippen LogP contribution in [0.1, 0.15) is 38.2 Å². The second-order valence-corrected chi connectivity index (χ2v) is 6.67. The Kier molecular flexibility index (Phi) is 7.25. The van der Waals surface area contributed by atoms with Gasteiger partial charge in [0.05, 0.1) is 12.1 Å². The maximum atomic E-state index is 13.8. The van der Waals surface area contributed by atoms with Crippen molar-refractivity contribution >= 4 is 35.6 Å². The van der Waals surface area contributed by atoms with Crippen LogP contribution in [-0.4, -0.2) is 18.1 Å². The van der Waals surface area contributed by atoms with Gasteiger partial charge in [0, 0.05) is 5.69 Å². The third-order valence-electron chi connectivity index (χ3n) is 4.28. The van der Waals surface area contributed by atoms with Gasteiger partial charge in [-0.3, -0.25) is 0 Å².